The highest BCUT2D eigenvalue weighted by Gasteiger charge is 2.55. The van der Waals surface area contributed by atoms with Crippen LogP contribution < -0.4 is 0 Å². The van der Waals surface area contributed by atoms with Gasteiger partial charge in [0.05, 0.1) is 5.41 Å². The summed E-state index contributed by atoms with van der Waals surface area (Å²) in [6.07, 6.45) is 14.4. The van der Waals surface area contributed by atoms with Gasteiger partial charge in [-0.15, -0.1) is 11.8 Å². The summed E-state index contributed by atoms with van der Waals surface area (Å²) in [5.74, 6) is 2.11. The Morgan fingerprint density at radius 1 is 0.579 bits per heavy atom. The first kappa shape index (κ1) is 32.7. The van der Waals surface area contributed by atoms with Gasteiger partial charge in [0.15, 0.2) is 17.5 Å². The molecule has 2 atom stereocenters. The van der Waals surface area contributed by atoms with Crippen molar-refractivity contribution in [2.75, 3.05) is 0 Å². The maximum atomic E-state index is 6.56. The Kier molecular flexibility index (Phi) is 7.30. The molecule has 0 saturated carbocycles. The van der Waals surface area contributed by atoms with Gasteiger partial charge in [0.2, 0.25) is 0 Å². The number of aromatic nitrogens is 3. The molecule has 4 aliphatic rings. The predicted octanol–water partition coefficient (Wildman–Crippen LogP) is 13.0. The van der Waals surface area contributed by atoms with E-state index in [2.05, 4.69) is 115 Å². The van der Waals surface area contributed by atoms with Gasteiger partial charge < -0.3 is 4.42 Å². The molecule has 3 heterocycles. The Morgan fingerprint density at radius 2 is 1.23 bits per heavy atom. The summed E-state index contributed by atoms with van der Waals surface area (Å²) in [6.45, 7) is 0. The maximum absolute atomic E-state index is 6.56. The van der Waals surface area contributed by atoms with Crippen LogP contribution in [0, 0.1) is 5.92 Å². The molecule has 57 heavy (non-hydrogen) atoms. The summed E-state index contributed by atoms with van der Waals surface area (Å²) in [4.78, 5) is 16.7. The Bertz CT molecular complexity index is 2960. The molecular formula is C52H35N3OS. The molecule has 3 aliphatic carbocycles. The van der Waals surface area contributed by atoms with E-state index in [0.717, 1.165) is 51.5 Å². The third-order valence-corrected chi connectivity index (χ3v) is 13.7. The Hall–Kier alpha value is -6.56. The molecule has 270 valence electrons. The van der Waals surface area contributed by atoms with Gasteiger partial charge in [-0.2, -0.15) is 0 Å². The monoisotopic (exact) mass is 749 g/mol. The Labute approximate surface area is 335 Å². The van der Waals surface area contributed by atoms with Gasteiger partial charge in [-0.05, 0) is 74.9 Å². The van der Waals surface area contributed by atoms with Crippen LogP contribution in [-0.4, -0.2) is 20.2 Å². The minimum absolute atomic E-state index is 0.221. The smallest absolute Gasteiger partial charge is 0.164 e. The minimum atomic E-state index is -0.267. The van der Waals surface area contributed by atoms with Crippen molar-refractivity contribution in [3.63, 3.8) is 0 Å². The van der Waals surface area contributed by atoms with E-state index in [0.29, 0.717) is 22.7 Å². The second-order valence-electron chi connectivity index (χ2n) is 15.3. The molecular weight excluding hydrogens is 715 g/mol. The van der Waals surface area contributed by atoms with Crippen molar-refractivity contribution in [1.82, 2.24) is 15.0 Å². The number of benzene rings is 6. The summed E-state index contributed by atoms with van der Waals surface area (Å²) in [7, 11) is 0. The van der Waals surface area contributed by atoms with Crippen LogP contribution in [-0.2, 0) is 5.41 Å². The van der Waals surface area contributed by atoms with Gasteiger partial charge in [0.25, 0.3) is 0 Å². The van der Waals surface area contributed by atoms with Crippen LogP contribution in [0.25, 0.3) is 72.8 Å². The molecule has 4 nitrogen and oxygen atoms in total. The van der Waals surface area contributed by atoms with Crippen molar-refractivity contribution in [3.8, 4) is 45.3 Å². The maximum Gasteiger partial charge on any atom is 0.164 e. The first-order chi connectivity index (χ1) is 28.2. The van der Waals surface area contributed by atoms with Gasteiger partial charge in [0.1, 0.15) is 11.2 Å². The number of hydrogen-bond acceptors (Lipinski definition) is 5. The SMILES string of the molecule is C1=CC2=C(CC1)SC1C=CC(c3ccc4oc5cccc(-c6nc(-c7ccccc7)nc(-c7ccccc7)n6)c5c4c3)=CC1C21c2ccccc2-c2ccccc21. The van der Waals surface area contributed by atoms with Crippen LogP contribution in [0.3, 0.4) is 0 Å². The molecule has 5 heteroatoms. The van der Waals surface area contributed by atoms with Crippen LogP contribution in [0.15, 0.2) is 191 Å². The zero-order valence-corrected chi connectivity index (χ0v) is 31.8. The molecule has 0 saturated heterocycles. The molecule has 1 spiro atoms. The van der Waals surface area contributed by atoms with Crippen LogP contribution in [0.4, 0.5) is 0 Å². The molecule has 12 rings (SSSR count). The Morgan fingerprint density at radius 3 is 1.95 bits per heavy atom. The van der Waals surface area contributed by atoms with Crippen LogP contribution in [0.1, 0.15) is 29.5 Å². The zero-order chi connectivity index (χ0) is 37.5. The average Bonchev–Trinajstić information content (AvgIpc) is 3.81. The second-order valence-corrected chi connectivity index (χ2v) is 16.6. The largest absolute Gasteiger partial charge is 0.456 e. The lowest BCUT2D eigenvalue weighted by Crippen LogP contribution is -2.44. The van der Waals surface area contributed by atoms with Gasteiger partial charge in [0, 0.05) is 38.6 Å². The lowest BCUT2D eigenvalue weighted by Gasteiger charge is -2.49. The zero-order valence-electron chi connectivity index (χ0n) is 31.0. The summed E-state index contributed by atoms with van der Waals surface area (Å²) < 4.78 is 6.56. The number of nitrogens with zero attached hydrogens (tertiary/aromatic N) is 3. The molecule has 0 radical (unpaired) electrons. The van der Waals surface area contributed by atoms with E-state index in [1.54, 1.807) is 0 Å². The van der Waals surface area contributed by atoms with Crippen LogP contribution in [0.5, 0.6) is 0 Å². The van der Waals surface area contributed by atoms with Crippen molar-refractivity contribution in [1.29, 1.82) is 0 Å². The fourth-order valence-electron chi connectivity index (χ4n) is 9.84. The highest BCUT2D eigenvalue weighted by Crippen LogP contribution is 2.65. The highest BCUT2D eigenvalue weighted by atomic mass is 32.2. The molecule has 0 N–H and O–H groups in total. The van der Waals surface area contributed by atoms with E-state index >= 15 is 0 Å². The number of thioether (sulfide) groups is 1. The molecule has 2 aromatic heterocycles. The topological polar surface area (TPSA) is 51.8 Å². The second kappa shape index (κ2) is 12.7. The van der Waals surface area contributed by atoms with Crippen molar-refractivity contribution < 1.29 is 4.42 Å². The summed E-state index contributed by atoms with van der Waals surface area (Å²) >= 11 is 2.07. The quantitative estimate of drug-likeness (QED) is 0.179. The van der Waals surface area contributed by atoms with Gasteiger partial charge in [-0.25, -0.2) is 15.0 Å². The molecule has 8 aromatic rings. The normalized spacial score (nSPS) is 18.7. The molecule has 0 bridgehead atoms. The first-order valence-electron chi connectivity index (χ1n) is 19.7. The number of allylic oxidation sites excluding steroid dienone is 7. The average molecular weight is 750 g/mol. The molecule has 0 fully saturated rings. The number of hydrogen-bond donors (Lipinski definition) is 0. The van der Waals surface area contributed by atoms with E-state index < -0.39 is 0 Å². The molecule has 2 unspecified atom stereocenters. The summed E-state index contributed by atoms with van der Waals surface area (Å²) in [6, 6.07) is 51.4. The van der Waals surface area contributed by atoms with E-state index in [1.807, 2.05) is 72.8 Å². The summed E-state index contributed by atoms with van der Waals surface area (Å²) in [5.41, 5.74) is 13.6. The molecule has 6 aromatic carbocycles. The lowest BCUT2D eigenvalue weighted by atomic mass is 9.60. The van der Waals surface area contributed by atoms with Gasteiger partial charge >= 0.3 is 0 Å². The van der Waals surface area contributed by atoms with Gasteiger partial charge in [-0.1, -0.05) is 158 Å². The molecule has 1 aliphatic heterocycles. The molecule has 0 amide bonds. The van der Waals surface area contributed by atoms with Crippen LogP contribution >= 0.6 is 11.8 Å². The van der Waals surface area contributed by atoms with Gasteiger partial charge in [-0.3, -0.25) is 0 Å². The van der Waals surface area contributed by atoms with Crippen molar-refractivity contribution in [2.24, 2.45) is 5.92 Å². The van der Waals surface area contributed by atoms with E-state index in [1.165, 1.54) is 43.9 Å². The Balaban J connectivity index is 1.04. The van der Waals surface area contributed by atoms with Crippen molar-refractivity contribution >= 4 is 39.3 Å². The predicted molar refractivity (Wildman–Crippen MR) is 233 cm³/mol. The lowest BCUT2D eigenvalue weighted by molar-refractivity contribution is 0.455. The third-order valence-electron chi connectivity index (χ3n) is 12.3. The first-order valence-corrected chi connectivity index (χ1v) is 20.6. The third kappa shape index (κ3) is 4.92. The van der Waals surface area contributed by atoms with Crippen molar-refractivity contribution in [2.45, 2.75) is 23.5 Å². The van der Waals surface area contributed by atoms with Crippen molar-refractivity contribution in [3.05, 3.63) is 203 Å². The van der Waals surface area contributed by atoms with E-state index in [4.69, 9.17) is 19.4 Å². The standard InChI is InChI=1S/C52H35N3OS/c1-3-14-32(15-4-1)49-53-50(33-16-5-2-6-17-33)55-51(54-49)38-20-13-24-45-48(38)39-30-34(26-28-44(39)56-45)35-27-29-47-43(31-35)52(42-23-11-12-25-46(42)57-47)40-21-9-7-18-36(40)37-19-8-10-22-41(37)52/h1-11,13-24,26-31,43,47H,12,25H2. The number of rotatable bonds is 4. The van der Waals surface area contributed by atoms with E-state index in [9.17, 15) is 0 Å². The van der Waals surface area contributed by atoms with E-state index in [-0.39, 0.29) is 11.3 Å². The number of fused-ring (bicyclic) bond motifs is 11. The number of furan rings is 1. The van der Waals surface area contributed by atoms with Crippen LogP contribution in [0.2, 0.25) is 0 Å². The fourth-order valence-corrected chi connectivity index (χ4v) is 11.3. The highest BCUT2D eigenvalue weighted by molar-refractivity contribution is 8.03. The summed E-state index contributed by atoms with van der Waals surface area (Å²) in [5, 5.41) is 2.37. The minimum Gasteiger partial charge on any atom is -0.456 e. The fraction of sp³-hybridized carbons (Fsp3) is 0.0962.